The molecule has 2 aromatic rings. The Morgan fingerprint density at radius 1 is 0.750 bits per heavy atom. The average Bonchev–Trinajstić information content (AvgIpc) is 3.17. The molecule has 1 atom stereocenters. The van der Waals surface area contributed by atoms with E-state index in [2.05, 4.69) is 15.4 Å². The van der Waals surface area contributed by atoms with Crippen LogP contribution in [0.15, 0.2) is 42.5 Å². The molecule has 334 valence electrons. The number of rotatable bonds is 17. The van der Waals surface area contributed by atoms with E-state index in [0.29, 0.717) is 56.4 Å². The van der Waals surface area contributed by atoms with Crippen LogP contribution in [0.2, 0.25) is 0 Å². The molecule has 4 rings (SSSR count). The van der Waals surface area contributed by atoms with Gasteiger partial charge in [0.1, 0.15) is 17.2 Å². The predicted octanol–water partition coefficient (Wildman–Crippen LogP) is 5.89. The fourth-order valence-electron chi connectivity index (χ4n) is 7.55. The van der Waals surface area contributed by atoms with Crippen LogP contribution < -0.4 is 15.4 Å². The van der Waals surface area contributed by atoms with Gasteiger partial charge in [-0.25, -0.2) is 18.0 Å². The highest BCUT2D eigenvalue weighted by Crippen LogP contribution is 2.30. The Balaban J connectivity index is 1.32. The molecule has 0 saturated carbocycles. The summed E-state index contributed by atoms with van der Waals surface area (Å²) in [6, 6.07) is 11.5. The molecule has 4 amide bonds. The Labute approximate surface area is 356 Å². The first-order valence-electron chi connectivity index (χ1n) is 21.3. The summed E-state index contributed by atoms with van der Waals surface area (Å²) in [5, 5.41) is 7.20. The molecule has 2 aliphatic rings. The molecule has 2 heterocycles. The lowest BCUT2D eigenvalue weighted by molar-refractivity contribution is -0.145. The molecule has 2 saturated heterocycles. The summed E-state index contributed by atoms with van der Waals surface area (Å²) >= 11 is 0. The second-order valence-electron chi connectivity index (χ2n) is 18.1. The maximum absolute atomic E-state index is 13.7. The largest absolute Gasteiger partial charge is 0.465 e. The number of benzene rings is 2. The molecule has 0 bridgehead atoms. The van der Waals surface area contributed by atoms with Crippen LogP contribution in [-0.2, 0) is 44.4 Å². The average molecular weight is 858 g/mol. The SMILES string of the molecule is CCOC(=O)[C@H](CNC(=O)CNC(=O)C(CCC1CCN(C(=O)OC(C)(C)C)CC1)CCC1CCN(C(=O)OC(C)(C)C)CC1)NS(=O)(=O)Cc1ccc2ccccc2c1. The van der Waals surface area contributed by atoms with Gasteiger partial charge in [-0.1, -0.05) is 42.5 Å². The Hall–Kier alpha value is -4.44. The van der Waals surface area contributed by atoms with Crippen molar-refractivity contribution >= 4 is 50.8 Å². The summed E-state index contributed by atoms with van der Waals surface area (Å²) in [5.74, 6) is -1.80. The summed E-state index contributed by atoms with van der Waals surface area (Å²) in [5.41, 5.74) is -0.615. The van der Waals surface area contributed by atoms with Crippen molar-refractivity contribution in [2.45, 2.75) is 123 Å². The summed E-state index contributed by atoms with van der Waals surface area (Å²) in [7, 11) is -4.03. The number of hydrogen-bond acceptors (Lipinski definition) is 10. The molecule has 60 heavy (non-hydrogen) atoms. The van der Waals surface area contributed by atoms with Crippen LogP contribution in [0.25, 0.3) is 10.8 Å². The highest BCUT2D eigenvalue weighted by atomic mass is 32.2. The third kappa shape index (κ3) is 16.5. The zero-order valence-corrected chi connectivity index (χ0v) is 37.4. The maximum atomic E-state index is 13.7. The molecule has 15 nitrogen and oxygen atoms in total. The van der Waals surface area contributed by atoms with E-state index in [1.54, 1.807) is 28.9 Å². The number of carbonyl (C=O) groups excluding carboxylic acids is 5. The lowest BCUT2D eigenvalue weighted by atomic mass is 9.84. The molecule has 2 fully saturated rings. The lowest BCUT2D eigenvalue weighted by Crippen LogP contribution is -2.50. The molecule has 0 radical (unpaired) electrons. The smallest absolute Gasteiger partial charge is 0.410 e. The number of nitrogens with zero attached hydrogens (tertiary/aromatic N) is 2. The monoisotopic (exact) mass is 857 g/mol. The molecule has 3 N–H and O–H groups in total. The summed E-state index contributed by atoms with van der Waals surface area (Å²) in [4.78, 5) is 68.3. The van der Waals surface area contributed by atoms with Gasteiger partial charge in [-0.2, -0.15) is 4.72 Å². The van der Waals surface area contributed by atoms with Crippen molar-refractivity contribution in [2.75, 3.05) is 45.9 Å². The van der Waals surface area contributed by atoms with Gasteiger partial charge < -0.3 is 34.6 Å². The van der Waals surface area contributed by atoms with Gasteiger partial charge in [0.15, 0.2) is 0 Å². The second kappa shape index (κ2) is 21.9. The van der Waals surface area contributed by atoms with E-state index in [4.69, 9.17) is 14.2 Å². The van der Waals surface area contributed by atoms with Crippen LogP contribution in [0.5, 0.6) is 0 Å². The van der Waals surface area contributed by atoms with Gasteiger partial charge in [0.25, 0.3) is 0 Å². The number of hydrogen-bond donors (Lipinski definition) is 3. The first kappa shape index (κ1) is 48.2. The molecule has 2 aliphatic heterocycles. The van der Waals surface area contributed by atoms with Crippen LogP contribution in [0.1, 0.15) is 105 Å². The number of sulfonamides is 1. The van der Waals surface area contributed by atoms with E-state index < -0.39 is 39.1 Å². The number of fused-ring (bicyclic) bond motifs is 1. The number of ether oxygens (including phenoxy) is 3. The van der Waals surface area contributed by atoms with Gasteiger partial charge in [-0.05, 0) is 128 Å². The van der Waals surface area contributed by atoms with Crippen LogP contribution in [0.4, 0.5) is 9.59 Å². The van der Waals surface area contributed by atoms with Crippen LogP contribution in [0.3, 0.4) is 0 Å². The molecule has 0 unspecified atom stereocenters. The number of esters is 1. The van der Waals surface area contributed by atoms with Gasteiger partial charge in [0.05, 0.1) is 18.9 Å². The van der Waals surface area contributed by atoms with Gasteiger partial charge in [-0.3, -0.25) is 14.4 Å². The van der Waals surface area contributed by atoms with E-state index in [9.17, 15) is 32.4 Å². The van der Waals surface area contributed by atoms with E-state index >= 15 is 0 Å². The molecule has 0 spiro atoms. The van der Waals surface area contributed by atoms with Crippen molar-refractivity contribution < 1.29 is 46.6 Å². The van der Waals surface area contributed by atoms with E-state index in [1.165, 1.54) is 0 Å². The lowest BCUT2D eigenvalue weighted by Gasteiger charge is -2.34. The van der Waals surface area contributed by atoms with Crippen molar-refractivity contribution in [1.82, 2.24) is 25.2 Å². The molecule has 0 aliphatic carbocycles. The summed E-state index contributed by atoms with van der Waals surface area (Å²) in [6.45, 7) is 14.3. The standard InChI is InChI=1S/C44H67N5O10S/c1-8-57-40(52)37(47-60(55,56)30-33-15-16-34-11-9-10-12-36(34)27-33)28-45-38(50)29-46-39(51)35(17-13-31-19-23-48(24-20-31)41(53)58-43(2,3)4)18-14-32-21-25-49(26-22-32)42(54)59-44(5,6)7/h9-12,15-16,27,31-32,35,37,47H,8,13-14,17-26,28-30H2,1-7H3,(H,45,50)(H,46,51)/t37-/m0/s1. The zero-order valence-electron chi connectivity index (χ0n) is 36.5. The molecule has 2 aromatic carbocycles. The van der Waals surface area contributed by atoms with Crippen molar-refractivity contribution in [3.63, 3.8) is 0 Å². The van der Waals surface area contributed by atoms with Gasteiger partial charge >= 0.3 is 18.2 Å². The second-order valence-corrected chi connectivity index (χ2v) is 19.8. The van der Waals surface area contributed by atoms with E-state index in [-0.39, 0.29) is 49.5 Å². The van der Waals surface area contributed by atoms with Gasteiger partial charge in [0, 0.05) is 38.6 Å². The van der Waals surface area contributed by atoms with Crippen molar-refractivity contribution in [1.29, 1.82) is 0 Å². The summed E-state index contributed by atoms with van der Waals surface area (Å²) < 4.78 is 45.0. The minimum absolute atomic E-state index is 0.0127. The quantitative estimate of drug-likeness (QED) is 0.128. The van der Waals surface area contributed by atoms with Gasteiger partial charge in [0.2, 0.25) is 21.8 Å². The topological polar surface area (TPSA) is 190 Å². The molecule has 0 aromatic heterocycles. The normalized spacial score (nSPS) is 16.3. The third-order valence-corrected chi connectivity index (χ3v) is 12.1. The molecular weight excluding hydrogens is 791 g/mol. The van der Waals surface area contributed by atoms with Gasteiger partial charge in [-0.15, -0.1) is 0 Å². The maximum Gasteiger partial charge on any atom is 0.410 e. The Bertz CT molecular complexity index is 1820. The third-order valence-electron chi connectivity index (χ3n) is 10.7. The zero-order chi connectivity index (χ0) is 44.1. The number of piperidine rings is 2. The number of likely N-dealkylation sites (tertiary alicyclic amines) is 2. The van der Waals surface area contributed by atoms with E-state index in [0.717, 1.165) is 49.3 Å². The van der Waals surface area contributed by atoms with E-state index in [1.807, 2.05) is 71.9 Å². The van der Waals surface area contributed by atoms with Crippen molar-refractivity contribution in [2.24, 2.45) is 17.8 Å². The van der Waals surface area contributed by atoms with Crippen molar-refractivity contribution in [3.05, 3.63) is 48.0 Å². The number of carbonyl (C=O) groups is 5. The van der Waals surface area contributed by atoms with Crippen molar-refractivity contribution in [3.8, 4) is 0 Å². The first-order chi connectivity index (χ1) is 28.2. The number of nitrogens with one attached hydrogen (secondary N) is 3. The summed E-state index contributed by atoms with van der Waals surface area (Å²) in [6.07, 6.45) is 5.33. The Morgan fingerprint density at radius 3 is 1.77 bits per heavy atom. The first-order valence-corrected chi connectivity index (χ1v) is 23.0. The fourth-order valence-corrected chi connectivity index (χ4v) is 8.87. The molecular formula is C44H67N5O10S. The van der Waals surface area contributed by atoms with Crippen LogP contribution in [-0.4, -0.2) is 111 Å². The van der Waals surface area contributed by atoms with Crippen LogP contribution in [0, 0.1) is 17.8 Å². The highest BCUT2D eigenvalue weighted by molar-refractivity contribution is 7.88. The van der Waals surface area contributed by atoms with Crippen LogP contribution >= 0.6 is 0 Å². The fraction of sp³-hybridized carbons (Fsp3) is 0.659. The number of amides is 4. The molecule has 16 heteroatoms. The minimum Gasteiger partial charge on any atom is -0.465 e. The highest BCUT2D eigenvalue weighted by Gasteiger charge is 2.31. The Morgan fingerprint density at radius 2 is 1.27 bits per heavy atom. The Kier molecular flexibility index (Phi) is 17.6. The minimum atomic E-state index is -4.03. The predicted molar refractivity (Wildman–Crippen MR) is 229 cm³/mol.